The van der Waals surface area contributed by atoms with Crippen LogP contribution in [0.1, 0.15) is 18.0 Å². The molecule has 1 aromatic rings. The van der Waals surface area contributed by atoms with Crippen LogP contribution in [0.3, 0.4) is 0 Å². The molecule has 0 saturated carbocycles. The van der Waals surface area contributed by atoms with Gasteiger partial charge in [-0.25, -0.2) is 0 Å². The molecule has 0 radical (unpaired) electrons. The van der Waals surface area contributed by atoms with Gasteiger partial charge in [-0.15, -0.1) is 0 Å². The highest BCUT2D eigenvalue weighted by Crippen LogP contribution is 2.35. The first kappa shape index (κ1) is 12.6. The summed E-state index contributed by atoms with van der Waals surface area (Å²) in [6.07, 6.45) is 3.12. The van der Waals surface area contributed by atoms with E-state index in [-0.39, 0.29) is 0 Å². The minimum Gasteiger partial charge on any atom is -0.331 e. The Labute approximate surface area is 114 Å². The van der Waals surface area contributed by atoms with Crippen LogP contribution < -0.4 is 10.6 Å². The van der Waals surface area contributed by atoms with Crippen LogP contribution in [0.15, 0.2) is 29.3 Å². The van der Waals surface area contributed by atoms with Crippen LogP contribution in [0.4, 0.5) is 5.69 Å². The third-order valence-electron chi connectivity index (χ3n) is 4.25. The van der Waals surface area contributed by atoms with Crippen molar-refractivity contribution in [1.29, 1.82) is 0 Å². The maximum absolute atomic E-state index is 5.81. The van der Waals surface area contributed by atoms with Gasteiger partial charge in [-0.3, -0.25) is 9.89 Å². The molecule has 2 aliphatic heterocycles. The van der Waals surface area contributed by atoms with E-state index in [2.05, 4.69) is 46.1 Å². The van der Waals surface area contributed by atoms with Crippen molar-refractivity contribution >= 4 is 12.0 Å². The lowest BCUT2D eigenvalue weighted by Crippen LogP contribution is -2.21. The van der Waals surface area contributed by atoms with E-state index in [1.165, 1.54) is 17.7 Å². The Kier molecular flexibility index (Phi) is 3.53. The van der Waals surface area contributed by atoms with E-state index in [0.717, 1.165) is 26.2 Å². The van der Waals surface area contributed by atoms with Crippen molar-refractivity contribution in [2.45, 2.75) is 12.5 Å². The van der Waals surface area contributed by atoms with Crippen LogP contribution in [-0.4, -0.2) is 44.5 Å². The molecule has 19 heavy (non-hydrogen) atoms. The third-order valence-corrected chi connectivity index (χ3v) is 4.25. The van der Waals surface area contributed by atoms with Gasteiger partial charge in [0.15, 0.2) is 0 Å². The zero-order chi connectivity index (χ0) is 13.2. The smallest absolute Gasteiger partial charge is 0.0895 e. The molecule has 1 fully saturated rings. The normalized spacial score (nSPS) is 27.4. The van der Waals surface area contributed by atoms with Crippen LogP contribution in [0, 0.1) is 5.92 Å². The summed E-state index contributed by atoms with van der Waals surface area (Å²) in [5, 5.41) is 0. The summed E-state index contributed by atoms with van der Waals surface area (Å²) >= 11 is 0. The quantitative estimate of drug-likeness (QED) is 0.893. The Hall–Kier alpha value is -1.39. The summed E-state index contributed by atoms with van der Waals surface area (Å²) in [5.74, 6) is 0.631. The Balaban J connectivity index is 1.81. The van der Waals surface area contributed by atoms with Gasteiger partial charge in [0.2, 0.25) is 0 Å². The molecule has 2 unspecified atom stereocenters. The number of nitrogens with zero attached hydrogens (tertiary/aromatic N) is 3. The summed E-state index contributed by atoms with van der Waals surface area (Å²) in [7, 11) is 2.20. The molecule has 4 heteroatoms. The topological polar surface area (TPSA) is 44.9 Å². The lowest BCUT2D eigenvalue weighted by atomic mass is 9.99. The molecule has 0 aromatic heterocycles. The summed E-state index contributed by atoms with van der Waals surface area (Å²) in [6, 6.07) is 9.36. The van der Waals surface area contributed by atoms with Crippen LogP contribution in [0.5, 0.6) is 0 Å². The zero-order valence-electron chi connectivity index (χ0n) is 11.5. The molecule has 0 amide bonds. The summed E-state index contributed by atoms with van der Waals surface area (Å²) in [4.78, 5) is 8.93. The fourth-order valence-corrected chi connectivity index (χ4v) is 3.15. The van der Waals surface area contributed by atoms with E-state index in [4.69, 9.17) is 5.73 Å². The number of nitrogens with two attached hydrogens (primary N) is 1. The van der Waals surface area contributed by atoms with E-state index in [1.54, 1.807) is 0 Å². The molecule has 0 spiro atoms. The van der Waals surface area contributed by atoms with Gasteiger partial charge >= 0.3 is 0 Å². The minimum atomic E-state index is 0.507. The molecule has 2 heterocycles. The van der Waals surface area contributed by atoms with E-state index >= 15 is 0 Å². The van der Waals surface area contributed by atoms with Gasteiger partial charge in [-0.05, 0) is 43.6 Å². The van der Waals surface area contributed by atoms with Crippen molar-refractivity contribution in [3.63, 3.8) is 0 Å². The molecule has 102 valence electrons. The largest absolute Gasteiger partial charge is 0.331 e. The SMILES string of the molecule is CN1CC(CN)CC1c1cccc(N2C=NCC2)c1. The first-order valence-electron chi connectivity index (χ1n) is 7.05. The van der Waals surface area contributed by atoms with Gasteiger partial charge in [0, 0.05) is 24.8 Å². The van der Waals surface area contributed by atoms with Gasteiger partial charge in [0.1, 0.15) is 0 Å². The Morgan fingerprint density at radius 1 is 1.42 bits per heavy atom. The van der Waals surface area contributed by atoms with E-state index in [9.17, 15) is 0 Å². The van der Waals surface area contributed by atoms with Gasteiger partial charge in [-0.2, -0.15) is 0 Å². The summed E-state index contributed by atoms with van der Waals surface area (Å²) in [5.41, 5.74) is 8.47. The molecule has 4 nitrogen and oxygen atoms in total. The molecule has 0 aliphatic carbocycles. The second-order valence-electron chi connectivity index (χ2n) is 5.60. The highest BCUT2D eigenvalue weighted by Gasteiger charge is 2.29. The molecule has 3 rings (SSSR count). The standard InChI is InChI=1S/C15H22N4/c1-18-10-12(9-16)7-15(18)13-3-2-4-14(8-13)19-6-5-17-11-19/h2-4,8,11-12,15H,5-7,9-10,16H2,1H3. The van der Waals surface area contributed by atoms with Crippen molar-refractivity contribution in [2.75, 3.05) is 38.1 Å². The number of benzene rings is 1. The maximum Gasteiger partial charge on any atom is 0.0895 e. The number of rotatable bonds is 3. The number of anilines is 1. The second kappa shape index (κ2) is 5.31. The molecular weight excluding hydrogens is 236 g/mol. The van der Waals surface area contributed by atoms with E-state index < -0.39 is 0 Å². The first-order chi connectivity index (χ1) is 9.28. The highest BCUT2D eigenvalue weighted by atomic mass is 15.2. The number of hydrogen-bond donors (Lipinski definition) is 1. The van der Waals surface area contributed by atoms with E-state index in [1.807, 2.05) is 6.34 Å². The van der Waals surface area contributed by atoms with Crippen molar-refractivity contribution in [2.24, 2.45) is 16.6 Å². The van der Waals surface area contributed by atoms with Crippen molar-refractivity contribution in [1.82, 2.24) is 4.90 Å². The fourth-order valence-electron chi connectivity index (χ4n) is 3.15. The number of aliphatic imine (C=N–C) groups is 1. The van der Waals surface area contributed by atoms with Crippen molar-refractivity contribution in [3.8, 4) is 0 Å². The summed E-state index contributed by atoms with van der Waals surface area (Å²) < 4.78 is 0. The second-order valence-corrected chi connectivity index (χ2v) is 5.60. The van der Waals surface area contributed by atoms with Crippen LogP contribution in [0.25, 0.3) is 0 Å². The fraction of sp³-hybridized carbons (Fsp3) is 0.533. The summed E-state index contributed by atoms with van der Waals surface area (Å²) in [6.45, 7) is 3.80. The zero-order valence-corrected chi connectivity index (χ0v) is 11.5. The predicted octanol–water partition coefficient (Wildman–Crippen LogP) is 1.49. The van der Waals surface area contributed by atoms with Crippen molar-refractivity contribution in [3.05, 3.63) is 29.8 Å². The molecular formula is C15H22N4. The number of likely N-dealkylation sites (tertiary alicyclic amines) is 1. The lowest BCUT2D eigenvalue weighted by molar-refractivity contribution is 0.314. The highest BCUT2D eigenvalue weighted by molar-refractivity contribution is 5.81. The average Bonchev–Trinajstić information content (AvgIpc) is 3.08. The number of hydrogen-bond acceptors (Lipinski definition) is 4. The predicted molar refractivity (Wildman–Crippen MR) is 79.7 cm³/mol. The molecule has 1 saturated heterocycles. The monoisotopic (exact) mass is 258 g/mol. The maximum atomic E-state index is 5.81. The van der Waals surface area contributed by atoms with Gasteiger partial charge in [0.25, 0.3) is 0 Å². The van der Waals surface area contributed by atoms with Crippen LogP contribution in [-0.2, 0) is 0 Å². The molecule has 2 atom stereocenters. The third kappa shape index (κ3) is 2.51. The Bertz CT molecular complexity index is 471. The Morgan fingerprint density at radius 3 is 3.00 bits per heavy atom. The van der Waals surface area contributed by atoms with Crippen LogP contribution in [0.2, 0.25) is 0 Å². The van der Waals surface area contributed by atoms with Gasteiger partial charge in [0.05, 0.1) is 12.9 Å². The van der Waals surface area contributed by atoms with Gasteiger partial charge < -0.3 is 10.6 Å². The Morgan fingerprint density at radius 2 is 2.32 bits per heavy atom. The van der Waals surface area contributed by atoms with E-state index in [0.29, 0.717) is 12.0 Å². The van der Waals surface area contributed by atoms with Crippen LogP contribution >= 0.6 is 0 Å². The average molecular weight is 258 g/mol. The van der Waals surface area contributed by atoms with Crippen molar-refractivity contribution < 1.29 is 0 Å². The molecule has 2 aliphatic rings. The molecule has 0 bridgehead atoms. The molecule has 2 N–H and O–H groups in total. The lowest BCUT2D eigenvalue weighted by Gasteiger charge is -2.22. The minimum absolute atomic E-state index is 0.507. The van der Waals surface area contributed by atoms with Gasteiger partial charge in [-0.1, -0.05) is 12.1 Å². The first-order valence-corrected chi connectivity index (χ1v) is 7.05. The molecule has 1 aromatic carbocycles.